The first-order valence-electron chi connectivity index (χ1n) is 5.65. The Bertz CT molecular complexity index is 650. The molecule has 0 aliphatic carbocycles. The largest absolute Gasteiger partial charge is 0.443 e. The van der Waals surface area contributed by atoms with Crippen molar-refractivity contribution in [3.8, 4) is 0 Å². The molecule has 0 unspecified atom stereocenters. The van der Waals surface area contributed by atoms with Crippen molar-refractivity contribution < 1.29 is 9.21 Å². The van der Waals surface area contributed by atoms with Crippen LogP contribution in [0.25, 0.3) is 0 Å². The fourth-order valence-electron chi connectivity index (χ4n) is 1.60. The van der Waals surface area contributed by atoms with E-state index < -0.39 is 0 Å². The predicted molar refractivity (Wildman–Crippen MR) is 71.2 cm³/mol. The van der Waals surface area contributed by atoms with Gasteiger partial charge in [0.15, 0.2) is 11.2 Å². The zero-order chi connectivity index (χ0) is 13.8. The van der Waals surface area contributed by atoms with Crippen LogP contribution in [0.4, 0.5) is 11.6 Å². The Morgan fingerprint density at radius 1 is 1.26 bits per heavy atom. The molecule has 0 atom stereocenters. The maximum absolute atomic E-state index is 11.8. The Morgan fingerprint density at radius 3 is 2.58 bits per heavy atom. The average molecular weight is 259 g/mol. The smallest absolute Gasteiger partial charge is 0.226 e. The summed E-state index contributed by atoms with van der Waals surface area (Å²) in [5.41, 5.74) is 5.92. The van der Waals surface area contributed by atoms with E-state index in [2.05, 4.69) is 15.8 Å². The number of ketones is 1. The minimum Gasteiger partial charge on any atom is -0.443 e. The van der Waals surface area contributed by atoms with Crippen LogP contribution < -0.4 is 16.3 Å². The van der Waals surface area contributed by atoms with E-state index in [-0.39, 0.29) is 22.7 Å². The van der Waals surface area contributed by atoms with E-state index in [1.165, 1.54) is 13.0 Å². The quantitative estimate of drug-likeness (QED) is 0.645. The van der Waals surface area contributed by atoms with E-state index in [1.54, 1.807) is 31.5 Å². The summed E-state index contributed by atoms with van der Waals surface area (Å²) in [5.74, 6) is 0.177. The average Bonchev–Trinajstić information content (AvgIpc) is 2.36. The van der Waals surface area contributed by atoms with Crippen LogP contribution in [0.15, 0.2) is 39.8 Å². The van der Waals surface area contributed by atoms with E-state index in [9.17, 15) is 9.59 Å². The van der Waals surface area contributed by atoms with Crippen LogP contribution in [-0.2, 0) is 0 Å². The summed E-state index contributed by atoms with van der Waals surface area (Å²) in [4.78, 5) is 27.1. The maximum atomic E-state index is 11.8. The molecule has 0 bridgehead atoms. The molecule has 0 aliphatic rings. The molecule has 0 spiro atoms. The van der Waals surface area contributed by atoms with Crippen molar-refractivity contribution >= 4 is 17.4 Å². The molecule has 2 heterocycles. The lowest BCUT2D eigenvalue weighted by atomic mass is 10.2. The Morgan fingerprint density at radius 2 is 1.95 bits per heavy atom. The molecule has 2 aromatic rings. The molecule has 6 nitrogen and oxygen atoms in total. The van der Waals surface area contributed by atoms with Gasteiger partial charge in [0.1, 0.15) is 11.3 Å². The van der Waals surface area contributed by atoms with Gasteiger partial charge >= 0.3 is 0 Å². The van der Waals surface area contributed by atoms with Crippen LogP contribution in [0.3, 0.4) is 0 Å². The van der Waals surface area contributed by atoms with Crippen molar-refractivity contribution in [2.24, 2.45) is 0 Å². The summed E-state index contributed by atoms with van der Waals surface area (Å²) in [5, 5.41) is 0. The second-order valence-electron chi connectivity index (χ2n) is 3.97. The molecule has 0 saturated heterocycles. The number of Topliss-reactive ketones (excluding diaryl/α,β-unsaturated/α-hetero) is 1. The number of rotatable bonds is 4. The highest BCUT2D eigenvalue weighted by atomic mass is 16.4. The number of anilines is 2. The van der Waals surface area contributed by atoms with Crippen molar-refractivity contribution in [3.63, 3.8) is 0 Å². The standard InChI is InChI=1S/C13H13N3O3/c1-8-7-11(18)12(9(2)17)13(19-8)16-15-10-3-5-14-6-4-10/h3-7,16H,1-2H3,(H,14,15). The highest BCUT2D eigenvalue weighted by Crippen LogP contribution is 2.15. The van der Waals surface area contributed by atoms with Gasteiger partial charge in [-0.3, -0.25) is 25.4 Å². The first-order valence-corrected chi connectivity index (χ1v) is 5.65. The number of aryl methyl sites for hydroxylation is 1. The summed E-state index contributed by atoms with van der Waals surface area (Å²) in [6.07, 6.45) is 3.23. The summed E-state index contributed by atoms with van der Waals surface area (Å²) < 4.78 is 5.36. The van der Waals surface area contributed by atoms with Crippen molar-refractivity contribution in [1.29, 1.82) is 0 Å². The molecule has 0 amide bonds. The van der Waals surface area contributed by atoms with Gasteiger partial charge in [-0.25, -0.2) is 0 Å². The highest BCUT2D eigenvalue weighted by Gasteiger charge is 2.15. The molecular formula is C13H13N3O3. The van der Waals surface area contributed by atoms with Crippen LogP contribution in [0.2, 0.25) is 0 Å². The van der Waals surface area contributed by atoms with Gasteiger partial charge in [0.2, 0.25) is 5.88 Å². The molecule has 0 aromatic carbocycles. The first-order chi connectivity index (χ1) is 9.08. The molecule has 6 heteroatoms. The Kier molecular flexibility index (Phi) is 3.61. The van der Waals surface area contributed by atoms with Crippen LogP contribution in [0.5, 0.6) is 0 Å². The van der Waals surface area contributed by atoms with Gasteiger partial charge in [-0.05, 0) is 26.0 Å². The minimum atomic E-state index is -0.365. The van der Waals surface area contributed by atoms with Gasteiger partial charge in [0.05, 0.1) is 5.69 Å². The highest BCUT2D eigenvalue weighted by molar-refractivity contribution is 5.98. The van der Waals surface area contributed by atoms with Gasteiger partial charge in [0.25, 0.3) is 0 Å². The zero-order valence-electron chi connectivity index (χ0n) is 10.6. The first kappa shape index (κ1) is 12.8. The third-order valence-corrected chi connectivity index (χ3v) is 2.42. The third-order valence-electron chi connectivity index (χ3n) is 2.42. The fraction of sp³-hybridized carbons (Fsp3) is 0.154. The van der Waals surface area contributed by atoms with Gasteiger partial charge < -0.3 is 4.42 Å². The molecule has 2 rings (SSSR count). The number of pyridine rings is 1. The van der Waals surface area contributed by atoms with Crippen molar-refractivity contribution in [2.75, 3.05) is 10.9 Å². The number of aromatic nitrogens is 1. The number of carbonyl (C=O) groups is 1. The van der Waals surface area contributed by atoms with Gasteiger partial charge in [0, 0.05) is 18.5 Å². The minimum absolute atomic E-state index is 0.00726. The second kappa shape index (κ2) is 5.34. The number of carbonyl (C=O) groups excluding carboxylic acids is 1. The van der Waals surface area contributed by atoms with Crippen LogP contribution in [0.1, 0.15) is 23.0 Å². The van der Waals surface area contributed by atoms with Crippen molar-refractivity contribution in [1.82, 2.24) is 4.98 Å². The van der Waals surface area contributed by atoms with E-state index in [4.69, 9.17) is 4.42 Å². The molecule has 2 aromatic heterocycles. The SMILES string of the molecule is CC(=O)c1c(NNc2ccncc2)oc(C)cc1=O. The second-order valence-corrected chi connectivity index (χ2v) is 3.97. The number of hydrogen-bond acceptors (Lipinski definition) is 6. The lowest BCUT2D eigenvalue weighted by molar-refractivity contribution is 0.101. The monoisotopic (exact) mass is 259 g/mol. The summed E-state index contributed by atoms with van der Waals surface area (Å²) in [7, 11) is 0. The molecule has 0 radical (unpaired) electrons. The number of nitrogens with one attached hydrogen (secondary N) is 2. The molecule has 0 saturated carbocycles. The summed E-state index contributed by atoms with van der Waals surface area (Å²) in [6.45, 7) is 2.96. The Balaban J connectivity index is 2.29. The summed E-state index contributed by atoms with van der Waals surface area (Å²) in [6, 6.07) is 4.75. The van der Waals surface area contributed by atoms with E-state index >= 15 is 0 Å². The van der Waals surface area contributed by atoms with E-state index in [0.29, 0.717) is 5.76 Å². The lowest BCUT2D eigenvalue weighted by Crippen LogP contribution is -2.19. The molecular weight excluding hydrogens is 246 g/mol. The van der Waals surface area contributed by atoms with Gasteiger partial charge in [-0.2, -0.15) is 0 Å². The van der Waals surface area contributed by atoms with Crippen LogP contribution in [0, 0.1) is 6.92 Å². The Hall–Kier alpha value is -2.63. The van der Waals surface area contributed by atoms with E-state index in [1.807, 2.05) is 0 Å². The lowest BCUT2D eigenvalue weighted by Gasteiger charge is -2.11. The van der Waals surface area contributed by atoms with Gasteiger partial charge in [-0.15, -0.1) is 0 Å². The maximum Gasteiger partial charge on any atom is 0.226 e. The molecule has 0 aliphatic heterocycles. The van der Waals surface area contributed by atoms with E-state index in [0.717, 1.165) is 5.69 Å². The summed E-state index contributed by atoms with van der Waals surface area (Å²) >= 11 is 0. The number of nitrogens with zero attached hydrogens (tertiary/aromatic N) is 1. The molecule has 0 fully saturated rings. The normalized spacial score (nSPS) is 10.0. The fourth-order valence-corrected chi connectivity index (χ4v) is 1.60. The van der Waals surface area contributed by atoms with Crippen molar-refractivity contribution in [2.45, 2.75) is 13.8 Å². The van der Waals surface area contributed by atoms with Crippen LogP contribution in [-0.4, -0.2) is 10.8 Å². The zero-order valence-corrected chi connectivity index (χ0v) is 10.6. The third kappa shape index (κ3) is 2.98. The topological polar surface area (TPSA) is 84.2 Å². The van der Waals surface area contributed by atoms with Gasteiger partial charge in [-0.1, -0.05) is 0 Å². The Labute approximate surface area is 109 Å². The molecule has 98 valence electrons. The molecule has 19 heavy (non-hydrogen) atoms. The number of hydrogen-bond donors (Lipinski definition) is 2. The predicted octanol–water partition coefficient (Wildman–Crippen LogP) is 1.98. The molecule has 2 N–H and O–H groups in total. The van der Waals surface area contributed by atoms with Crippen molar-refractivity contribution in [3.05, 3.63) is 52.1 Å². The number of hydrazine groups is 1. The van der Waals surface area contributed by atoms with Crippen LogP contribution >= 0.6 is 0 Å².